The lowest BCUT2D eigenvalue weighted by Gasteiger charge is -2.30. The van der Waals surface area contributed by atoms with Crippen LogP contribution in [0.25, 0.3) is 0 Å². The third-order valence-corrected chi connectivity index (χ3v) is 3.28. The molecule has 1 fully saturated rings. The van der Waals surface area contributed by atoms with Crippen LogP contribution in [-0.4, -0.2) is 24.7 Å². The summed E-state index contributed by atoms with van der Waals surface area (Å²) in [4.78, 5) is 0. The van der Waals surface area contributed by atoms with E-state index >= 15 is 0 Å². The largest absolute Gasteiger partial charge is 0.400 e. The van der Waals surface area contributed by atoms with Gasteiger partial charge in [-0.2, -0.15) is 13.2 Å². The van der Waals surface area contributed by atoms with Crippen LogP contribution in [0.3, 0.4) is 0 Å². The molecule has 3 atom stereocenters. The highest BCUT2D eigenvalue weighted by Crippen LogP contribution is 2.30. The molecule has 0 saturated heterocycles. The molecule has 17 heavy (non-hydrogen) atoms. The molecule has 1 rings (SSSR count). The van der Waals surface area contributed by atoms with E-state index in [9.17, 15) is 13.2 Å². The van der Waals surface area contributed by atoms with Crippen LogP contribution in [0, 0.1) is 17.2 Å². The van der Waals surface area contributed by atoms with Gasteiger partial charge in [-0.1, -0.05) is 19.8 Å². The molecule has 0 aromatic rings. The van der Waals surface area contributed by atoms with Crippen molar-refractivity contribution in [2.75, 3.05) is 6.61 Å². The zero-order valence-electron chi connectivity index (χ0n) is 9.89. The molecule has 1 aliphatic carbocycles. The van der Waals surface area contributed by atoms with Crippen molar-refractivity contribution in [2.24, 2.45) is 17.6 Å². The van der Waals surface area contributed by atoms with Crippen molar-refractivity contribution in [1.82, 2.24) is 0 Å². The van der Waals surface area contributed by atoms with Gasteiger partial charge in [0.25, 0.3) is 0 Å². The Morgan fingerprint density at radius 3 is 2.47 bits per heavy atom. The van der Waals surface area contributed by atoms with Crippen LogP contribution in [0.2, 0.25) is 0 Å². The van der Waals surface area contributed by atoms with Gasteiger partial charge in [0.05, 0.1) is 12.7 Å². The van der Waals surface area contributed by atoms with E-state index in [-0.39, 0.29) is 12.0 Å². The normalized spacial score (nSPS) is 27.8. The molecule has 0 radical (unpaired) electrons. The van der Waals surface area contributed by atoms with Crippen LogP contribution in [0.1, 0.15) is 32.6 Å². The van der Waals surface area contributed by atoms with E-state index in [1.165, 1.54) is 0 Å². The third kappa shape index (κ3) is 4.18. The molecule has 0 amide bonds. The van der Waals surface area contributed by atoms with Crippen LogP contribution < -0.4 is 5.73 Å². The average Bonchev–Trinajstić information content (AvgIpc) is 2.18. The monoisotopic (exact) mass is 252 g/mol. The first-order valence-electron chi connectivity index (χ1n) is 5.84. The predicted octanol–water partition coefficient (Wildman–Crippen LogP) is 2.70. The van der Waals surface area contributed by atoms with Gasteiger partial charge in [-0.3, -0.25) is 5.41 Å². The van der Waals surface area contributed by atoms with E-state index in [0.29, 0.717) is 0 Å². The zero-order valence-corrected chi connectivity index (χ0v) is 9.89. The summed E-state index contributed by atoms with van der Waals surface area (Å²) in [7, 11) is 0. The van der Waals surface area contributed by atoms with Crippen LogP contribution in [0.5, 0.6) is 0 Å². The molecular weight excluding hydrogens is 233 g/mol. The smallest absolute Gasteiger partial charge is 0.387 e. The maximum atomic E-state index is 12.5. The average molecular weight is 252 g/mol. The number of hydrogen-bond acceptors (Lipinski definition) is 2. The number of nitrogens with two attached hydrogens (primary N) is 1. The minimum atomic E-state index is -4.50. The van der Waals surface area contributed by atoms with Gasteiger partial charge in [0.15, 0.2) is 0 Å². The summed E-state index contributed by atoms with van der Waals surface area (Å²) in [5, 5.41) is 6.95. The van der Waals surface area contributed by atoms with E-state index in [1.807, 2.05) is 6.92 Å². The van der Waals surface area contributed by atoms with Gasteiger partial charge in [-0.05, 0) is 18.8 Å². The summed E-state index contributed by atoms with van der Waals surface area (Å²) in [6, 6.07) is 0. The maximum Gasteiger partial charge on any atom is 0.400 e. The molecule has 3 nitrogen and oxygen atoms in total. The number of hydrogen-bond donors (Lipinski definition) is 2. The van der Waals surface area contributed by atoms with E-state index in [4.69, 9.17) is 15.9 Å². The molecule has 0 aromatic carbocycles. The van der Waals surface area contributed by atoms with Crippen molar-refractivity contribution >= 4 is 5.84 Å². The lowest BCUT2D eigenvalue weighted by Crippen LogP contribution is -2.40. The fourth-order valence-corrected chi connectivity index (χ4v) is 2.11. The lowest BCUT2D eigenvalue weighted by atomic mass is 9.88. The molecule has 6 heteroatoms. The number of alkyl halides is 3. The number of halogens is 3. The van der Waals surface area contributed by atoms with Gasteiger partial charge in [0, 0.05) is 0 Å². The molecule has 0 aromatic heterocycles. The lowest BCUT2D eigenvalue weighted by molar-refractivity contribution is -0.175. The molecule has 0 spiro atoms. The van der Waals surface area contributed by atoms with Gasteiger partial charge < -0.3 is 10.5 Å². The first-order valence-corrected chi connectivity index (χ1v) is 5.84. The van der Waals surface area contributed by atoms with Crippen LogP contribution in [0.15, 0.2) is 0 Å². The van der Waals surface area contributed by atoms with Crippen molar-refractivity contribution in [3.05, 3.63) is 0 Å². The second-order valence-corrected chi connectivity index (χ2v) is 4.68. The van der Waals surface area contributed by atoms with Crippen LogP contribution in [-0.2, 0) is 4.74 Å². The summed E-state index contributed by atoms with van der Waals surface area (Å²) in [6.07, 6.45) is -0.746. The molecule has 0 heterocycles. The Balaban J connectivity index is 2.49. The fourth-order valence-electron chi connectivity index (χ4n) is 2.11. The standard InChI is InChI=1S/C11H19F3N2O/c1-7-4-2-3-5-9(7)17-6-8(10(15)16)11(12,13)14/h7-9H,2-6H2,1H3,(H3,15,16). The number of rotatable bonds is 4. The Bertz CT molecular complexity index is 268. The van der Waals surface area contributed by atoms with E-state index < -0.39 is 24.5 Å². The Hall–Kier alpha value is -0.780. The van der Waals surface area contributed by atoms with Gasteiger partial charge in [0.2, 0.25) is 0 Å². The van der Waals surface area contributed by atoms with Gasteiger partial charge in [-0.25, -0.2) is 0 Å². The van der Waals surface area contributed by atoms with Gasteiger partial charge in [-0.15, -0.1) is 0 Å². The minimum Gasteiger partial charge on any atom is -0.387 e. The number of nitrogens with one attached hydrogen (secondary N) is 1. The molecular formula is C11H19F3N2O. The molecule has 100 valence electrons. The van der Waals surface area contributed by atoms with E-state index in [1.54, 1.807) is 0 Å². The van der Waals surface area contributed by atoms with Crippen molar-refractivity contribution in [3.63, 3.8) is 0 Å². The van der Waals surface area contributed by atoms with Crippen molar-refractivity contribution < 1.29 is 17.9 Å². The van der Waals surface area contributed by atoms with Gasteiger partial charge in [0.1, 0.15) is 11.8 Å². The highest BCUT2D eigenvalue weighted by atomic mass is 19.4. The Morgan fingerprint density at radius 2 is 2.00 bits per heavy atom. The minimum absolute atomic E-state index is 0.132. The fraction of sp³-hybridized carbons (Fsp3) is 0.909. The molecule has 3 unspecified atom stereocenters. The third-order valence-electron chi connectivity index (χ3n) is 3.28. The quantitative estimate of drug-likeness (QED) is 0.597. The second kappa shape index (κ2) is 5.71. The summed E-state index contributed by atoms with van der Waals surface area (Å²) in [5.41, 5.74) is 4.96. The SMILES string of the molecule is CC1CCCCC1OCC(C(=N)N)C(F)(F)F. The summed E-state index contributed by atoms with van der Waals surface area (Å²) in [5.74, 6) is -2.57. The molecule has 1 aliphatic rings. The van der Waals surface area contributed by atoms with Crippen LogP contribution in [0.4, 0.5) is 13.2 Å². The topological polar surface area (TPSA) is 59.1 Å². The van der Waals surface area contributed by atoms with E-state index in [0.717, 1.165) is 25.7 Å². The Labute approximate surface area is 99.0 Å². The summed E-state index contributed by atoms with van der Waals surface area (Å²) < 4.78 is 42.9. The van der Waals surface area contributed by atoms with Crippen molar-refractivity contribution in [3.8, 4) is 0 Å². The summed E-state index contributed by atoms with van der Waals surface area (Å²) in [6.45, 7) is 1.45. The molecule has 1 saturated carbocycles. The van der Waals surface area contributed by atoms with Crippen molar-refractivity contribution in [1.29, 1.82) is 5.41 Å². The molecule has 0 aliphatic heterocycles. The predicted molar refractivity (Wildman–Crippen MR) is 58.8 cm³/mol. The zero-order chi connectivity index (χ0) is 13.1. The molecule has 3 N–H and O–H groups in total. The summed E-state index contributed by atoms with van der Waals surface area (Å²) >= 11 is 0. The Morgan fingerprint density at radius 1 is 1.41 bits per heavy atom. The number of ether oxygens (including phenoxy) is 1. The molecule has 0 bridgehead atoms. The second-order valence-electron chi connectivity index (χ2n) is 4.68. The van der Waals surface area contributed by atoms with Crippen LogP contribution >= 0.6 is 0 Å². The number of amidine groups is 1. The Kier molecular flexibility index (Phi) is 4.80. The van der Waals surface area contributed by atoms with Gasteiger partial charge >= 0.3 is 6.18 Å². The highest BCUT2D eigenvalue weighted by Gasteiger charge is 2.42. The maximum absolute atomic E-state index is 12.5. The van der Waals surface area contributed by atoms with E-state index in [2.05, 4.69) is 0 Å². The van der Waals surface area contributed by atoms with Crippen molar-refractivity contribution in [2.45, 2.75) is 44.9 Å². The highest BCUT2D eigenvalue weighted by molar-refractivity contribution is 5.80. The first-order chi connectivity index (χ1) is 7.82. The first kappa shape index (κ1) is 14.3.